The van der Waals surface area contributed by atoms with E-state index in [0.717, 1.165) is 0 Å². The Kier molecular flexibility index (Phi) is 4.01. The topological polar surface area (TPSA) is 74.7 Å². The zero-order valence-corrected chi connectivity index (χ0v) is 11.4. The van der Waals surface area contributed by atoms with Crippen molar-refractivity contribution in [1.82, 2.24) is 4.31 Å². The standard InChI is InChI=1S/C12H17NO4S/c1-12(2,3)13(11(14)15)18(16,17)9-10-7-5-4-6-8-10/h4-8H,9H2,1-3H3,(H,14,15). The van der Waals surface area contributed by atoms with Gasteiger partial charge in [0.1, 0.15) is 0 Å². The van der Waals surface area contributed by atoms with Crippen molar-refractivity contribution in [2.24, 2.45) is 0 Å². The lowest BCUT2D eigenvalue weighted by atomic mass is 10.1. The molecule has 100 valence electrons. The molecule has 0 radical (unpaired) electrons. The summed E-state index contributed by atoms with van der Waals surface area (Å²) in [5.74, 6) is -0.322. The van der Waals surface area contributed by atoms with Crippen LogP contribution in [0.5, 0.6) is 0 Å². The molecule has 1 amide bonds. The van der Waals surface area contributed by atoms with Gasteiger partial charge in [0.15, 0.2) is 0 Å². The minimum Gasteiger partial charge on any atom is -0.464 e. The maximum atomic E-state index is 12.1. The number of carbonyl (C=O) groups is 1. The quantitative estimate of drug-likeness (QED) is 0.915. The second-order valence-corrected chi connectivity index (χ2v) is 6.78. The van der Waals surface area contributed by atoms with Crippen LogP contribution in [0.1, 0.15) is 26.3 Å². The lowest BCUT2D eigenvalue weighted by Crippen LogP contribution is -2.49. The summed E-state index contributed by atoms with van der Waals surface area (Å²) in [5.41, 5.74) is -0.438. The molecule has 0 aliphatic carbocycles. The van der Waals surface area contributed by atoms with Crippen molar-refractivity contribution >= 4 is 16.1 Å². The summed E-state index contributed by atoms with van der Waals surface area (Å²) >= 11 is 0. The Balaban J connectivity index is 3.09. The predicted octanol–water partition coefficient (Wildman–Crippen LogP) is 2.29. The van der Waals surface area contributed by atoms with Gasteiger partial charge in [-0.2, -0.15) is 4.31 Å². The summed E-state index contributed by atoms with van der Waals surface area (Å²) in [4.78, 5) is 11.1. The van der Waals surface area contributed by atoms with E-state index in [1.165, 1.54) is 0 Å². The molecule has 1 aromatic carbocycles. The average molecular weight is 271 g/mol. The number of sulfonamides is 1. The van der Waals surface area contributed by atoms with E-state index in [-0.39, 0.29) is 5.75 Å². The van der Waals surface area contributed by atoms with Crippen LogP contribution >= 0.6 is 0 Å². The molecule has 0 heterocycles. The van der Waals surface area contributed by atoms with E-state index in [4.69, 9.17) is 5.11 Å². The molecule has 1 N–H and O–H groups in total. The van der Waals surface area contributed by atoms with E-state index in [9.17, 15) is 13.2 Å². The van der Waals surface area contributed by atoms with E-state index in [0.29, 0.717) is 9.87 Å². The van der Waals surface area contributed by atoms with Crippen LogP contribution in [0.2, 0.25) is 0 Å². The van der Waals surface area contributed by atoms with E-state index < -0.39 is 21.7 Å². The molecule has 0 saturated carbocycles. The number of nitrogens with zero attached hydrogens (tertiary/aromatic N) is 1. The zero-order valence-electron chi connectivity index (χ0n) is 10.6. The van der Waals surface area contributed by atoms with Crippen molar-refractivity contribution in [2.45, 2.75) is 32.1 Å². The number of benzene rings is 1. The first-order chi connectivity index (χ1) is 8.14. The van der Waals surface area contributed by atoms with Gasteiger partial charge in [0.05, 0.1) is 11.3 Å². The zero-order chi connectivity index (χ0) is 14.0. The summed E-state index contributed by atoms with van der Waals surface area (Å²) in [6, 6.07) is 8.51. The number of hydrogen-bond acceptors (Lipinski definition) is 3. The minimum absolute atomic E-state index is 0.322. The normalized spacial score (nSPS) is 12.2. The van der Waals surface area contributed by atoms with Crippen molar-refractivity contribution in [3.8, 4) is 0 Å². The minimum atomic E-state index is -3.90. The van der Waals surface area contributed by atoms with E-state index in [2.05, 4.69) is 0 Å². The van der Waals surface area contributed by atoms with E-state index in [1.807, 2.05) is 0 Å². The molecule has 0 bridgehead atoms. The molecule has 0 atom stereocenters. The molecule has 0 aliphatic heterocycles. The molecule has 5 nitrogen and oxygen atoms in total. The lowest BCUT2D eigenvalue weighted by Gasteiger charge is -2.31. The van der Waals surface area contributed by atoms with Gasteiger partial charge in [0.25, 0.3) is 0 Å². The molecular weight excluding hydrogens is 254 g/mol. The molecular formula is C12H17NO4S. The number of hydrogen-bond donors (Lipinski definition) is 1. The third kappa shape index (κ3) is 3.46. The smallest absolute Gasteiger partial charge is 0.421 e. The molecule has 0 aromatic heterocycles. The highest BCUT2D eigenvalue weighted by molar-refractivity contribution is 7.88. The SMILES string of the molecule is CC(C)(C)N(C(=O)O)S(=O)(=O)Cc1ccccc1. The molecule has 0 spiro atoms. The van der Waals surface area contributed by atoms with Crippen molar-refractivity contribution in [1.29, 1.82) is 0 Å². The molecule has 0 aliphatic rings. The monoisotopic (exact) mass is 271 g/mol. The molecule has 6 heteroatoms. The van der Waals surface area contributed by atoms with Crippen LogP contribution in [-0.2, 0) is 15.8 Å². The fourth-order valence-corrected chi connectivity index (χ4v) is 3.49. The molecule has 1 rings (SSSR count). The van der Waals surface area contributed by atoms with Gasteiger partial charge >= 0.3 is 6.09 Å². The van der Waals surface area contributed by atoms with Gasteiger partial charge < -0.3 is 5.11 Å². The van der Waals surface area contributed by atoms with E-state index in [1.54, 1.807) is 51.1 Å². The number of amides is 1. The molecule has 18 heavy (non-hydrogen) atoms. The van der Waals surface area contributed by atoms with E-state index >= 15 is 0 Å². The highest BCUT2D eigenvalue weighted by atomic mass is 32.2. The Morgan fingerprint density at radius 2 is 1.72 bits per heavy atom. The van der Waals surface area contributed by atoms with Gasteiger partial charge in [0, 0.05) is 0 Å². The van der Waals surface area contributed by atoms with Crippen molar-refractivity contribution in [3.05, 3.63) is 35.9 Å². The third-order valence-electron chi connectivity index (χ3n) is 2.25. The van der Waals surface area contributed by atoms with Gasteiger partial charge in [0.2, 0.25) is 10.0 Å². The fourth-order valence-electron chi connectivity index (χ4n) is 1.67. The molecule has 1 aromatic rings. The molecule has 0 fully saturated rings. The first kappa shape index (κ1) is 14.5. The second-order valence-electron chi connectivity index (χ2n) is 4.96. The van der Waals surface area contributed by atoms with Gasteiger partial charge in [-0.15, -0.1) is 0 Å². The number of carboxylic acid groups (broad SMARTS) is 1. The summed E-state index contributed by atoms with van der Waals surface area (Å²) in [7, 11) is -3.90. The average Bonchev–Trinajstić information content (AvgIpc) is 2.13. The van der Waals surface area contributed by atoms with Gasteiger partial charge in [-0.05, 0) is 26.3 Å². The predicted molar refractivity (Wildman–Crippen MR) is 68.7 cm³/mol. The summed E-state index contributed by atoms with van der Waals surface area (Å²) in [5, 5.41) is 9.07. The molecule has 0 unspecified atom stereocenters. The summed E-state index contributed by atoms with van der Waals surface area (Å²) in [6.45, 7) is 4.64. The Hall–Kier alpha value is -1.56. The van der Waals surface area contributed by atoms with Crippen molar-refractivity contribution < 1.29 is 18.3 Å². The Morgan fingerprint density at radius 3 is 2.11 bits per heavy atom. The van der Waals surface area contributed by atoms with Crippen molar-refractivity contribution in [2.75, 3.05) is 0 Å². The maximum absolute atomic E-state index is 12.1. The first-order valence-corrected chi connectivity index (χ1v) is 7.05. The van der Waals surface area contributed by atoms with Crippen LogP contribution in [0.3, 0.4) is 0 Å². The van der Waals surface area contributed by atoms with Crippen LogP contribution in [0.25, 0.3) is 0 Å². The summed E-state index contributed by atoms with van der Waals surface area (Å²) in [6.07, 6.45) is -1.46. The van der Waals surface area contributed by atoms with Gasteiger partial charge in [-0.1, -0.05) is 30.3 Å². The highest BCUT2D eigenvalue weighted by Crippen LogP contribution is 2.21. The van der Waals surface area contributed by atoms with Crippen LogP contribution in [-0.4, -0.2) is 29.5 Å². The first-order valence-electron chi connectivity index (χ1n) is 5.44. The van der Waals surface area contributed by atoms with Gasteiger partial charge in [-0.25, -0.2) is 13.2 Å². The van der Waals surface area contributed by atoms with Crippen LogP contribution < -0.4 is 0 Å². The third-order valence-corrected chi connectivity index (χ3v) is 4.21. The maximum Gasteiger partial charge on any atom is 0.421 e. The number of rotatable bonds is 3. The largest absolute Gasteiger partial charge is 0.464 e. The second kappa shape index (κ2) is 4.97. The summed E-state index contributed by atoms with van der Waals surface area (Å²) < 4.78 is 24.8. The fraction of sp³-hybridized carbons (Fsp3) is 0.417. The van der Waals surface area contributed by atoms with Crippen LogP contribution in [0.15, 0.2) is 30.3 Å². The Labute approximate surface area is 107 Å². The van der Waals surface area contributed by atoms with Crippen LogP contribution in [0, 0.1) is 0 Å². The lowest BCUT2D eigenvalue weighted by molar-refractivity contribution is 0.146. The highest BCUT2D eigenvalue weighted by Gasteiger charge is 2.36. The van der Waals surface area contributed by atoms with Crippen LogP contribution in [0.4, 0.5) is 4.79 Å². The Bertz CT molecular complexity index is 517. The Morgan fingerprint density at radius 1 is 1.22 bits per heavy atom. The van der Waals surface area contributed by atoms with Crippen molar-refractivity contribution in [3.63, 3.8) is 0 Å². The molecule has 0 saturated heterocycles. The van der Waals surface area contributed by atoms with Gasteiger partial charge in [-0.3, -0.25) is 0 Å².